The number of aromatic nitrogens is 4. The van der Waals surface area contributed by atoms with Crippen molar-refractivity contribution in [3.8, 4) is 11.5 Å². The predicted molar refractivity (Wildman–Crippen MR) is 58.6 cm³/mol. The van der Waals surface area contributed by atoms with Crippen LogP contribution >= 0.6 is 11.6 Å². The first-order valence-corrected chi connectivity index (χ1v) is 5.10. The molecule has 4 nitrogen and oxygen atoms in total. The van der Waals surface area contributed by atoms with E-state index in [0.29, 0.717) is 11.0 Å². The standard InChI is InChI=1S/C10H11ClN4/c1-3-7-6-9(11)13-10(12-7)8-4-5-15(2)14-8/h4-6H,3H2,1-2H3. The Hall–Kier alpha value is -1.42. The van der Waals surface area contributed by atoms with Crippen molar-refractivity contribution >= 4 is 11.6 Å². The Morgan fingerprint density at radius 1 is 1.40 bits per heavy atom. The predicted octanol–water partition coefficient (Wildman–Crippen LogP) is 2.09. The number of halogens is 1. The first kappa shape index (κ1) is 10.1. The van der Waals surface area contributed by atoms with Gasteiger partial charge in [-0.1, -0.05) is 18.5 Å². The number of hydrogen-bond donors (Lipinski definition) is 0. The molecule has 0 radical (unpaired) electrons. The second-order valence-electron chi connectivity index (χ2n) is 3.23. The normalized spacial score (nSPS) is 10.6. The van der Waals surface area contributed by atoms with Crippen LogP contribution in [0.4, 0.5) is 0 Å². The fraction of sp³-hybridized carbons (Fsp3) is 0.300. The summed E-state index contributed by atoms with van der Waals surface area (Å²) in [7, 11) is 1.86. The molecule has 15 heavy (non-hydrogen) atoms. The van der Waals surface area contributed by atoms with Crippen molar-refractivity contribution in [2.75, 3.05) is 0 Å². The van der Waals surface area contributed by atoms with Gasteiger partial charge in [0.1, 0.15) is 10.8 Å². The molecule has 5 heteroatoms. The van der Waals surface area contributed by atoms with Crippen LogP contribution < -0.4 is 0 Å². The topological polar surface area (TPSA) is 43.6 Å². The van der Waals surface area contributed by atoms with Crippen molar-refractivity contribution in [2.45, 2.75) is 13.3 Å². The zero-order valence-corrected chi connectivity index (χ0v) is 9.36. The van der Waals surface area contributed by atoms with E-state index < -0.39 is 0 Å². The maximum atomic E-state index is 5.90. The number of hydrogen-bond acceptors (Lipinski definition) is 3. The summed E-state index contributed by atoms with van der Waals surface area (Å²) >= 11 is 5.90. The van der Waals surface area contributed by atoms with Gasteiger partial charge in [0.2, 0.25) is 0 Å². The van der Waals surface area contributed by atoms with Crippen LogP contribution in [0.3, 0.4) is 0 Å². The maximum Gasteiger partial charge on any atom is 0.181 e. The molecular formula is C10H11ClN4. The molecule has 0 aliphatic carbocycles. The zero-order chi connectivity index (χ0) is 10.8. The Kier molecular flexibility index (Phi) is 2.68. The van der Waals surface area contributed by atoms with Crippen LogP contribution in [0, 0.1) is 0 Å². The van der Waals surface area contributed by atoms with E-state index in [1.54, 1.807) is 10.7 Å². The highest BCUT2D eigenvalue weighted by atomic mass is 35.5. The van der Waals surface area contributed by atoms with Crippen molar-refractivity contribution in [3.05, 3.63) is 29.2 Å². The summed E-state index contributed by atoms with van der Waals surface area (Å²) in [5, 5.41) is 4.69. The minimum atomic E-state index is 0.461. The van der Waals surface area contributed by atoms with Gasteiger partial charge >= 0.3 is 0 Å². The van der Waals surface area contributed by atoms with Crippen LogP contribution in [0.1, 0.15) is 12.6 Å². The third-order valence-electron chi connectivity index (χ3n) is 2.05. The average Bonchev–Trinajstić information content (AvgIpc) is 2.64. The molecule has 0 amide bonds. The van der Waals surface area contributed by atoms with Gasteiger partial charge in [-0.2, -0.15) is 5.10 Å². The van der Waals surface area contributed by atoms with Gasteiger partial charge in [-0.3, -0.25) is 4.68 Å². The summed E-state index contributed by atoms with van der Waals surface area (Å²) in [5.74, 6) is 0.583. The van der Waals surface area contributed by atoms with Gasteiger partial charge in [-0.25, -0.2) is 9.97 Å². The second-order valence-corrected chi connectivity index (χ2v) is 3.62. The summed E-state index contributed by atoms with van der Waals surface area (Å²) in [6, 6.07) is 3.64. The van der Waals surface area contributed by atoms with E-state index in [0.717, 1.165) is 17.8 Å². The molecule has 0 saturated heterocycles. The third kappa shape index (κ3) is 2.15. The lowest BCUT2D eigenvalue weighted by Crippen LogP contribution is -1.96. The van der Waals surface area contributed by atoms with Crippen molar-refractivity contribution in [3.63, 3.8) is 0 Å². The first-order valence-electron chi connectivity index (χ1n) is 4.72. The molecule has 0 spiro atoms. The minimum absolute atomic E-state index is 0.461. The van der Waals surface area contributed by atoms with E-state index in [1.807, 2.05) is 26.2 Å². The Balaban J connectivity index is 2.48. The largest absolute Gasteiger partial charge is 0.275 e. The average molecular weight is 223 g/mol. The summed E-state index contributed by atoms with van der Waals surface area (Å²) < 4.78 is 1.71. The highest BCUT2D eigenvalue weighted by molar-refractivity contribution is 6.29. The monoisotopic (exact) mass is 222 g/mol. The van der Waals surface area contributed by atoms with Gasteiger partial charge in [-0.05, 0) is 18.6 Å². The smallest absolute Gasteiger partial charge is 0.181 e. The van der Waals surface area contributed by atoms with Crippen molar-refractivity contribution < 1.29 is 0 Å². The fourth-order valence-corrected chi connectivity index (χ4v) is 1.50. The van der Waals surface area contributed by atoms with E-state index in [1.165, 1.54) is 0 Å². The summed E-state index contributed by atoms with van der Waals surface area (Å²) in [6.07, 6.45) is 2.69. The molecule has 0 unspecified atom stereocenters. The van der Waals surface area contributed by atoms with E-state index in [4.69, 9.17) is 11.6 Å². The molecule has 0 saturated carbocycles. The van der Waals surface area contributed by atoms with Crippen molar-refractivity contribution in [1.29, 1.82) is 0 Å². The van der Waals surface area contributed by atoms with E-state index in [-0.39, 0.29) is 0 Å². The molecule has 0 aromatic carbocycles. The minimum Gasteiger partial charge on any atom is -0.275 e. The molecule has 0 fully saturated rings. The number of aryl methyl sites for hydroxylation is 2. The van der Waals surface area contributed by atoms with Crippen molar-refractivity contribution in [1.82, 2.24) is 19.7 Å². The summed E-state index contributed by atoms with van der Waals surface area (Å²) in [4.78, 5) is 8.51. The van der Waals surface area contributed by atoms with Gasteiger partial charge in [0, 0.05) is 18.9 Å². The molecule has 0 bridgehead atoms. The molecule has 0 atom stereocenters. The number of rotatable bonds is 2. The van der Waals surface area contributed by atoms with Crippen molar-refractivity contribution in [2.24, 2.45) is 7.05 Å². The molecule has 2 heterocycles. The van der Waals surface area contributed by atoms with Crippen LogP contribution in [-0.4, -0.2) is 19.7 Å². The molecular weight excluding hydrogens is 212 g/mol. The van der Waals surface area contributed by atoms with E-state index >= 15 is 0 Å². The quantitative estimate of drug-likeness (QED) is 0.731. The summed E-state index contributed by atoms with van der Waals surface area (Å²) in [6.45, 7) is 2.03. The lowest BCUT2D eigenvalue weighted by molar-refractivity contribution is 0.768. The SMILES string of the molecule is CCc1cc(Cl)nc(-c2ccn(C)n2)n1. The highest BCUT2D eigenvalue weighted by Crippen LogP contribution is 2.16. The van der Waals surface area contributed by atoms with Gasteiger partial charge in [0.05, 0.1) is 0 Å². The Morgan fingerprint density at radius 3 is 2.80 bits per heavy atom. The second kappa shape index (κ2) is 3.98. The van der Waals surface area contributed by atoms with E-state index in [9.17, 15) is 0 Å². The fourth-order valence-electron chi connectivity index (χ4n) is 1.29. The molecule has 0 aliphatic heterocycles. The van der Waals surface area contributed by atoms with Gasteiger partial charge in [-0.15, -0.1) is 0 Å². The van der Waals surface area contributed by atoms with Gasteiger partial charge in [0.15, 0.2) is 5.82 Å². The Labute approximate surface area is 92.9 Å². The molecule has 78 valence electrons. The zero-order valence-electron chi connectivity index (χ0n) is 8.61. The van der Waals surface area contributed by atoms with Gasteiger partial charge in [0.25, 0.3) is 0 Å². The highest BCUT2D eigenvalue weighted by Gasteiger charge is 2.07. The molecule has 2 aromatic heterocycles. The molecule has 0 N–H and O–H groups in total. The lowest BCUT2D eigenvalue weighted by atomic mass is 10.3. The van der Waals surface area contributed by atoms with Crippen LogP contribution in [0.5, 0.6) is 0 Å². The Bertz CT molecular complexity index is 478. The van der Waals surface area contributed by atoms with E-state index in [2.05, 4.69) is 15.1 Å². The van der Waals surface area contributed by atoms with Gasteiger partial charge < -0.3 is 0 Å². The van der Waals surface area contributed by atoms with Crippen LogP contribution in [0.2, 0.25) is 5.15 Å². The maximum absolute atomic E-state index is 5.90. The van der Waals surface area contributed by atoms with Crippen LogP contribution in [-0.2, 0) is 13.5 Å². The molecule has 2 aromatic rings. The summed E-state index contributed by atoms with van der Waals surface area (Å²) in [5.41, 5.74) is 1.67. The number of nitrogens with zero attached hydrogens (tertiary/aromatic N) is 4. The van der Waals surface area contributed by atoms with Crippen LogP contribution in [0.25, 0.3) is 11.5 Å². The third-order valence-corrected chi connectivity index (χ3v) is 2.25. The Morgan fingerprint density at radius 2 is 2.20 bits per heavy atom. The first-order chi connectivity index (χ1) is 7.19. The lowest BCUT2D eigenvalue weighted by Gasteiger charge is -2.00. The van der Waals surface area contributed by atoms with Crippen LogP contribution in [0.15, 0.2) is 18.3 Å². The molecule has 2 rings (SSSR count). The molecule has 0 aliphatic rings.